The van der Waals surface area contributed by atoms with Crippen LogP contribution in [0.15, 0.2) is 47.1 Å². The fourth-order valence-electron chi connectivity index (χ4n) is 1.77. The third-order valence-electron chi connectivity index (χ3n) is 2.87. The molecule has 22 heavy (non-hydrogen) atoms. The molecule has 4 nitrogen and oxygen atoms in total. The zero-order chi connectivity index (χ0) is 15.7. The largest absolute Gasteiger partial charge is 0.416 e. The Hall–Kier alpha value is -2.41. The van der Waals surface area contributed by atoms with Crippen LogP contribution in [0.4, 0.5) is 13.2 Å². The third-order valence-corrected chi connectivity index (χ3v) is 3.09. The highest BCUT2D eigenvalue weighted by molar-refractivity contribution is 6.29. The molecule has 3 rings (SSSR count). The fourth-order valence-corrected chi connectivity index (χ4v) is 1.88. The number of aromatic nitrogens is 3. The number of hydrogen-bond acceptors (Lipinski definition) is 4. The summed E-state index contributed by atoms with van der Waals surface area (Å²) in [6.07, 6.45) is -2.91. The van der Waals surface area contributed by atoms with Crippen molar-refractivity contribution in [1.82, 2.24) is 15.1 Å². The lowest BCUT2D eigenvalue weighted by Gasteiger charge is -2.05. The molecule has 0 N–H and O–H groups in total. The minimum atomic E-state index is -4.38. The summed E-state index contributed by atoms with van der Waals surface area (Å²) in [7, 11) is 0. The van der Waals surface area contributed by atoms with Crippen LogP contribution in [-0.2, 0) is 6.18 Å². The first-order chi connectivity index (χ1) is 10.4. The maximum absolute atomic E-state index is 12.5. The second-order valence-corrected chi connectivity index (χ2v) is 4.76. The van der Waals surface area contributed by atoms with Crippen LogP contribution < -0.4 is 0 Å². The maximum Gasteiger partial charge on any atom is 0.416 e. The third kappa shape index (κ3) is 2.94. The molecule has 3 aromatic rings. The summed E-state index contributed by atoms with van der Waals surface area (Å²) in [6, 6.07) is 7.73. The summed E-state index contributed by atoms with van der Waals surface area (Å²) in [5, 5.41) is 4.07. The van der Waals surface area contributed by atoms with Gasteiger partial charge in [-0.3, -0.25) is 0 Å². The molecule has 0 aliphatic carbocycles. The van der Waals surface area contributed by atoms with Crippen LogP contribution >= 0.6 is 11.6 Å². The molecule has 1 aromatic carbocycles. The molecule has 0 aliphatic heterocycles. The van der Waals surface area contributed by atoms with Crippen molar-refractivity contribution in [1.29, 1.82) is 0 Å². The lowest BCUT2D eigenvalue weighted by atomic mass is 10.1. The molecule has 0 fully saturated rings. The zero-order valence-corrected chi connectivity index (χ0v) is 11.6. The van der Waals surface area contributed by atoms with Gasteiger partial charge in [0.25, 0.3) is 5.89 Å². The molecular weight excluding hydrogens is 319 g/mol. The lowest BCUT2D eigenvalue weighted by Crippen LogP contribution is -2.04. The summed E-state index contributed by atoms with van der Waals surface area (Å²) in [4.78, 5) is 8.02. The van der Waals surface area contributed by atoms with Gasteiger partial charge in [-0.15, -0.1) is 0 Å². The van der Waals surface area contributed by atoms with Crippen molar-refractivity contribution in [2.24, 2.45) is 0 Å². The number of alkyl halides is 3. The van der Waals surface area contributed by atoms with E-state index >= 15 is 0 Å². The van der Waals surface area contributed by atoms with Crippen molar-refractivity contribution in [2.45, 2.75) is 6.18 Å². The van der Waals surface area contributed by atoms with Crippen LogP contribution in [0.1, 0.15) is 5.56 Å². The second kappa shape index (κ2) is 5.42. The summed E-state index contributed by atoms with van der Waals surface area (Å²) in [6.45, 7) is 0. The predicted octanol–water partition coefficient (Wildman–Crippen LogP) is 4.47. The highest BCUT2D eigenvalue weighted by Crippen LogP contribution is 2.30. The Bertz CT molecular complexity index is 782. The summed E-state index contributed by atoms with van der Waals surface area (Å²) >= 11 is 5.68. The molecule has 0 bridgehead atoms. The van der Waals surface area contributed by atoms with E-state index in [1.54, 1.807) is 12.1 Å². The molecular formula is C14H7ClF3N3O. The van der Waals surface area contributed by atoms with Gasteiger partial charge in [-0.05, 0) is 24.3 Å². The number of rotatable bonds is 2. The Labute approximate surface area is 127 Å². The first kappa shape index (κ1) is 14.5. The minimum absolute atomic E-state index is 0.193. The van der Waals surface area contributed by atoms with E-state index in [1.807, 2.05) is 0 Å². The summed E-state index contributed by atoms with van der Waals surface area (Å²) in [5.41, 5.74) is 0.252. The van der Waals surface area contributed by atoms with Gasteiger partial charge in [0.2, 0.25) is 5.82 Å². The SMILES string of the molecule is FC(F)(F)c1ccc(-c2noc(-c3ccc(Cl)nc3)n2)cc1. The first-order valence-corrected chi connectivity index (χ1v) is 6.44. The molecule has 0 atom stereocenters. The highest BCUT2D eigenvalue weighted by Gasteiger charge is 2.30. The standard InChI is InChI=1S/C14H7ClF3N3O/c15-11-6-3-9(7-19-11)13-20-12(21-22-13)8-1-4-10(5-2-8)14(16,17)18/h1-7H. The van der Waals surface area contributed by atoms with E-state index in [9.17, 15) is 13.2 Å². The highest BCUT2D eigenvalue weighted by atomic mass is 35.5. The predicted molar refractivity (Wildman–Crippen MR) is 73.0 cm³/mol. The fraction of sp³-hybridized carbons (Fsp3) is 0.0714. The Kier molecular flexibility index (Phi) is 3.58. The van der Waals surface area contributed by atoms with Gasteiger partial charge in [-0.25, -0.2) is 4.98 Å². The van der Waals surface area contributed by atoms with Crippen LogP contribution in [0, 0.1) is 0 Å². The van der Waals surface area contributed by atoms with E-state index in [0.717, 1.165) is 12.1 Å². The van der Waals surface area contributed by atoms with E-state index < -0.39 is 11.7 Å². The van der Waals surface area contributed by atoms with Crippen LogP contribution in [-0.4, -0.2) is 15.1 Å². The van der Waals surface area contributed by atoms with E-state index in [4.69, 9.17) is 16.1 Å². The van der Waals surface area contributed by atoms with Crippen molar-refractivity contribution >= 4 is 11.6 Å². The monoisotopic (exact) mass is 325 g/mol. The molecule has 0 radical (unpaired) electrons. The number of benzene rings is 1. The first-order valence-electron chi connectivity index (χ1n) is 6.07. The van der Waals surface area contributed by atoms with Gasteiger partial charge >= 0.3 is 6.18 Å². The van der Waals surface area contributed by atoms with Gasteiger partial charge in [-0.1, -0.05) is 28.9 Å². The van der Waals surface area contributed by atoms with Crippen molar-refractivity contribution in [3.05, 3.63) is 53.3 Å². The van der Waals surface area contributed by atoms with Gasteiger partial charge in [0.1, 0.15) is 5.15 Å². The number of hydrogen-bond donors (Lipinski definition) is 0. The second-order valence-electron chi connectivity index (χ2n) is 4.37. The van der Waals surface area contributed by atoms with Crippen LogP contribution in [0.5, 0.6) is 0 Å². The molecule has 0 unspecified atom stereocenters. The van der Waals surface area contributed by atoms with E-state index in [0.29, 0.717) is 16.3 Å². The van der Waals surface area contributed by atoms with Crippen LogP contribution in [0.25, 0.3) is 22.8 Å². The van der Waals surface area contributed by atoms with Gasteiger partial charge in [0.05, 0.1) is 11.1 Å². The normalized spacial score (nSPS) is 11.6. The quantitative estimate of drug-likeness (QED) is 0.652. The van der Waals surface area contributed by atoms with Gasteiger partial charge in [0.15, 0.2) is 0 Å². The van der Waals surface area contributed by atoms with Crippen molar-refractivity contribution < 1.29 is 17.7 Å². The molecule has 112 valence electrons. The molecule has 2 heterocycles. The Morgan fingerprint density at radius 1 is 0.955 bits per heavy atom. The lowest BCUT2D eigenvalue weighted by molar-refractivity contribution is -0.137. The average molecular weight is 326 g/mol. The number of pyridine rings is 1. The molecule has 0 saturated heterocycles. The minimum Gasteiger partial charge on any atom is -0.334 e. The van der Waals surface area contributed by atoms with Gasteiger partial charge < -0.3 is 4.52 Å². The average Bonchev–Trinajstić information content (AvgIpc) is 2.97. The molecule has 0 aliphatic rings. The Balaban J connectivity index is 1.89. The van der Waals surface area contributed by atoms with Gasteiger partial charge in [0, 0.05) is 11.8 Å². The van der Waals surface area contributed by atoms with Crippen LogP contribution in [0.2, 0.25) is 5.15 Å². The maximum atomic E-state index is 12.5. The molecule has 2 aromatic heterocycles. The zero-order valence-electron chi connectivity index (χ0n) is 10.8. The Morgan fingerprint density at radius 3 is 2.23 bits per heavy atom. The van der Waals surface area contributed by atoms with Crippen LogP contribution in [0.3, 0.4) is 0 Å². The van der Waals surface area contributed by atoms with E-state index in [-0.39, 0.29) is 11.7 Å². The summed E-state index contributed by atoms with van der Waals surface area (Å²) in [5.74, 6) is 0.401. The van der Waals surface area contributed by atoms with E-state index in [2.05, 4.69) is 15.1 Å². The topological polar surface area (TPSA) is 51.8 Å². The van der Waals surface area contributed by atoms with Gasteiger partial charge in [-0.2, -0.15) is 18.2 Å². The van der Waals surface area contributed by atoms with E-state index in [1.165, 1.54) is 18.3 Å². The van der Waals surface area contributed by atoms with Crippen molar-refractivity contribution in [3.63, 3.8) is 0 Å². The molecule has 0 amide bonds. The summed E-state index contributed by atoms with van der Waals surface area (Å²) < 4.78 is 42.6. The smallest absolute Gasteiger partial charge is 0.334 e. The van der Waals surface area contributed by atoms with Crippen molar-refractivity contribution in [2.75, 3.05) is 0 Å². The molecule has 0 spiro atoms. The van der Waals surface area contributed by atoms with Crippen molar-refractivity contribution in [3.8, 4) is 22.8 Å². The number of nitrogens with zero attached hydrogens (tertiary/aromatic N) is 3. The Morgan fingerprint density at radius 2 is 1.64 bits per heavy atom. The molecule has 0 saturated carbocycles. The number of halogens is 4. The molecule has 8 heteroatoms.